The van der Waals surface area contributed by atoms with E-state index in [9.17, 15) is 14.9 Å². The van der Waals surface area contributed by atoms with E-state index in [0.29, 0.717) is 17.9 Å². The zero-order valence-corrected chi connectivity index (χ0v) is 15.7. The van der Waals surface area contributed by atoms with Crippen molar-refractivity contribution in [2.45, 2.75) is 31.9 Å². The number of esters is 1. The normalized spacial score (nSPS) is 15.0. The Bertz CT molecular complexity index is 887. The molecule has 144 valence electrons. The molecule has 0 aliphatic heterocycles. The van der Waals surface area contributed by atoms with Crippen molar-refractivity contribution in [3.63, 3.8) is 0 Å². The molecule has 6 nitrogen and oxygen atoms in total. The number of ether oxygens (including phenoxy) is 2. The second-order valence-electron chi connectivity index (χ2n) is 7.01. The number of hydrogen-bond donors (Lipinski definition) is 1. The summed E-state index contributed by atoms with van der Waals surface area (Å²) in [5.74, 6) is -0.407. The summed E-state index contributed by atoms with van der Waals surface area (Å²) in [5.41, 5.74) is 0.404. The van der Waals surface area contributed by atoms with Gasteiger partial charge in [0.05, 0.1) is 11.6 Å². The molecule has 3 rings (SSSR count). The fourth-order valence-electron chi connectivity index (χ4n) is 2.88. The molecule has 1 atom stereocenters. The lowest BCUT2D eigenvalue weighted by atomic mass is 9.98. The highest BCUT2D eigenvalue weighted by molar-refractivity contribution is 5.91. The maximum Gasteiger partial charge on any atom is 0.338 e. The molecule has 1 amide bonds. The summed E-state index contributed by atoms with van der Waals surface area (Å²) in [7, 11) is 0. The van der Waals surface area contributed by atoms with E-state index in [1.807, 2.05) is 30.3 Å². The molecular weight excluding hydrogens is 356 g/mol. The molecule has 0 spiro atoms. The van der Waals surface area contributed by atoms with Gasteiger partial charge in [-0.1, -0.05) is 36.4 Å². The number of benzene rings is 2. The van der Waals surface area contributed by atoms with Crippen LogP contribution in [0.4, 0.5) is 0 Å². The topological polar surface area (TPSA) is 88.4 Å². The summed E-state index contributed by atoms with van der Waals surface area (Å²) in [6.07, 6.45) is 1.83. The van der Waals surface area contributed by atoms with Crippen molar-refractivity contribution in [1.29, 1.82) is 5.26 Å². The SMILES string of the molecule is CC(C#N)(NC(=O)COC(=O)c1cccc(OCc2ccccc2)c1)C1CC1. The molecule has 2 aromatic carbocycles. The average molecular weight is 378 g/mol. The molecule has 2 aromatic rings. The van der Waals surface area contributed by atoms with Crippen LogP contribution in [0.5, 0.6) is 5.75 Å². The first kappa shape index (κ1) is 19.4. The summed E-state index contributed by atoms with van der Waals surface area (Å²) in [6.45, 7) is 1.64. The molecule has 1 aliphatic rings. The van der Waals surface area contributed by atoms with E-state index >= 15 is 0 Å². The Balaban J connectivity index is 1.51. The van der Waals surface area contributed by atoms with Crippen LogP contribution in [0.1, 0.15) is 35.7 Å². The van der Waals surface area contributed by atoms with E-state index in [0.717, 1.165) is 18.4 Å². The molecule has 1 N–H and O–H groups in total. The number of amides is 1. The molecule has 0 radical (unpaired) electrons. The largest absolute Gasteiger partial charge is 0.489 e. The van der Waals surface area contributed by atoms with Crippen molar-refractivity contribution in [2.24, 2.45) is 5.92 Å². The maximum absolute atomic E-state index is 12.2. The van der Waals surface area contributed by atoms with Crippen LogP contribution in [0.2, 0.25) is 0 Å². The van der Waals surface area contributed by atoms with Crippen molar-refractivity contribution >= 4 is 11.9 Å². The second-order valence-corrected chi connectivity index (χ2v) is 7.01. The first-order valence-corrected chi connectivity index (χ1v) is 9.16. The number of nitrogens with zero attached hydrogens (tertiary/aromatic N) is 1. The van der Waals surface area contributed by atoms with Crippen LogP contribution in [0.3, 0.4) is 0 Å². The Morgan fingerprint density at radius 3 is 2.61 bits per heavy atom. The molecule has 1 saturated carbocycles. The van der Waals surface area contributed by atoms with E-state index < -0.39 is 24.0 Å². The van der Waals surface area contributed by atoms with Gasteiger partial charge in [0.1, 0.15) is 17.9 Å². The van der Waals surface area contributed by atoms with E-state index in [-0.39, 0.29) is 5.92 Å². The van der Waals surface area contributed by atoms with Gasteiger partial charge in [-0.2, -0.15) is 5.26 Å². The van der Waals surface area contributed by atoms with Crippen molar-refractivity contribution in [3.8, 4) is 11.8 Å². The molecule has 0 saturated heterocycles. The van der Waals surface area contributed by atoms with Gasteiger partial charge in [-0.05, 0) is 49.4 Å². The van der Waals surface area contributed by atoms with Gasteiger partial charge in [0.25, 0.3) is 5.91 Å². The van der Waals surface area contributed by atoms with Crippen LogP contribution in [0, 0.1) is 17.2 Å². The minimum absolute atomic E-state index is 0.163. The highest BCUT2D eigenvalue weighted by atomic mass is 16.5. The standard InChI is InChI=1S/C22H22N2O4/c1-22(15-23,18-10-11-18)24-20(25)14-28-21(26)17-8-5-9-19(12-17)27-13-16-6-3-2-4-7-16/h2-9,12,18H,10-11,13-14H2,1H3,(H,24,25). The van der Waals surface area contributed by atoms with Crippen LogP contribution in [-0.2, 0) is 16.1 Å². The van der Waals surface area contributed by atoms with E-state index in [4.69, 9.17) is 9.47 Å². The number of carbonyl (C=O) groups is 2. The monoisotopic (exact) mass is 378 g/mol. The van der Waals surface area contributed by atoms with Crippen LogP contribution in [0.25, 0.3) is 0 Å². The molecule has 28 heavy (non-hydrogen) atoms. The fraction of sp³-hybridized carbons (Fsp3) is 0.318. The lowest BCUT2D eigenvalue weighted by Gasteiger charge is -2.22. The van der Waals surface area contributed by atoms with Crippen molar-refractivity contribution in [1.82, 2.24) is 5.32 Å². The number of rotatable bonds is 8. The Morgan fingerprint density at radius 2 is 1.93 bits per heavy atom. The number of carbonyl (C=O) groups excluding carboxylic acids is 2. The predicted octanol–water partition coefficient (Wildman–Crippen LogP) is 3.23. The van der Waals surface area contributed by atoms with Gasteiger partial charge in [0, 0.05) is 0 Å². The van der Waals surface area contributed by atoms with Gasteiger partial charge in [-0.3, -0.25) is 4.79 Å². The fourth-order valence-corrected chi connectivity index (χ4v) is 2.88. The minimum atomic E-state index is -0.908. The minimum Gasteiger partial charge on any atom is -0.489 e. The third-order valence-electron chi connectivity index (χ3n) is 4.68. The van der Waals surface area contributed by atoms with Gasteiger partial charge in [-0.15, -0.1) is 0 Å². The summed E-state index contributed by atoms with van der Waals surface area (Å²) in [4.78, 5) is 24.3. The molecule has 1 fully saturated rings. The molecule has 1 unspecified atom stereocenters. The highest BCUT2D eigenvalue weighted by Gasteiger charge is 2.43. The Morgan fingerprint density at radius 1 is 1.18 bits per heavy atom. The van der Waals surface area contributed by atoms with Crippen LogP contribution in [0.15, 0.2) is 54.6 Å². The third-order valence-corrected chi connectivity index (χ3v) is 4.68. The zero-order chi connectivity index (χ0) is 20.0. The van der Waals surface area contributed by atoms with Gasteiger partial charge in [0.15, 0.2) is 6.61 Å². The van der Waals surface area contributed by atoms with Crippen molar-refractivity contribution in [3.05, 3.63) is 65.7 Å². The van der Waals surface area contributed by atoms with Gasteiger partial charge in [0.2, 0.25) is 0 Å². The molecule has 0 aromatic heterocycles. The number of nitrogens with one attached hydrogen (secondary N) is 1. The van der Waals surface area contributed by atoms with E-state index in [1.165, 1.54) is 0 Å². The van der Waals surface area contributed by atoms with Crippen molar-refractivity contribution in [2.75, 3.05) is 6.61 Å². The van der Waals surface area contributed by atoms with Crippen LogP contribution in [-0.4, -0.2) is 24.0 Å². The molecular formula is C22H22N2O4. The molecule has 6 heteroatoms. The van der Waals surface area contributed by atoms with Gasteiger partial charge < -0.3 is 14.8 Å². The third kappa shape index (κ3) is 5.10. The summed E-state index contributed by atoms with van der Waals surface area (Å²) < 4.78 is 10.8. The quantitative estimate of drug-likeness (QED) is 0.713. The lowest BCUT2D eigenvalue weighted by Crippen LogP contribution is -2.48. The summed E-state index contributed by atoms with van der Waals surface area (Å²) in [5, 5.41) is 11.9. The molecule has 0 bridgehead atoms. The Hall–Kier alpha value is -3.33. The summed E-state index contributed by atoms with van der Waals surface area (Å²) in [6, 6.07) is 18.4. The average Bonchev–Trinajstić information content (AvgIpc) is 3.57. The van der Waals surface area contributed by atoms with E-state index in [2.05, 4.69) is 11.4 Å². The Labute approximate surface area is 164 Å². The van der Waals surface area contributed by atoms with Crippen LogP contribution < -0.4 is 10.1 Å². The van der Waals surface area contributed by atoms with E-state index in [1.54, 1.807) is 31.2 Å². The predicted molar refractivity (Wildman–Crippen MR) is 102 cm³/mol. The number of nitriles is 1. The first-order chi connectivity index (χ1) is 13.5. The lowest BCUT2D eigenvalue weighted by molar-refractivity contribution is -0.125. The highest BCUT2D eigenvalue weighted by Crippen LogP contribution is 2.39. The molecule has 0 heterocycles. The second kappa shape index (κ2) is 8.57. The van der Waals surface area contributed by atoms with Gasteiger partial charge in [-0.25, -0.2) is 4.79 Å². The number of hydrogen-bond acceptors (Lipinski definition) is 5. The smallest absolute Gasteiger partial charge is 0.338 e. The maximum atomic E-state index is 12.2. The van der Waals surface area contributed by atoms with Crippen LogP contribution >= 0.6 is 0 Å². The zero-order valence-electron chi connectivity index (χ0n) is 15.7. The summed E-state index contributed by atoms with van der Waals surface area (Å²) >= 11 is 0. The van der Waals surface area contributed by atoms with Crippen molar-refractivity contribution < 1.29 is 19.1 Å². The first-order valence-electron chi connectivity index (χ1n) is 9.16. The molecule has 1 aliphatic carbocycles. The Kier molecular flexibility index (Phi) is 5.95. The van der Waals surface area contributed by atoms with Gasteiger partial charge >= 0.3 is 5.97 Å².